The van der Waals surface area contributed by atoms with Crippen molar-refractivity contribution in [1.29, 1.82) is 0 Å². The Morgan fingerprint density at radius 3 is 2.16 bits per heavy atom. The van der Waals surface area contributed by atoms with Crippen molar-refractivity contribution < 1.29 is 9.50 Å². The Hall–Kier alpha value is -1.91. The van der Waals surface area contributed by atoms with Crippen molar-refractivity contribution in [2.45, 2.75) is 31.7 Å². The van der Waals surface area contributed by atoms with E-state index >= 15 is 0 Å². The number of hydrogen-bond acceptors (Lipinski definition) is 3. The third-order valence-electron chi connectivity index (χ3n) is 4.94. The van der Waals surface area contributed by atoms with Gasteiger partial charge in [-0.25, -0.2) is 4.39 Å². The minimum Gasteiger partial charge on any atom is -0.396 e. The Morgan fingerprint density at radius 1 is 0.920 bits per heavy atom. The van der Waals surface area contributed by atoms with E-state index in [-0.39, 0.29) is 12.4 Å². The van der Waals surface area contributed by atoms with E-state index in [0.29, 0.717) is 12.5 Å². The smallest absolute Gasteiger partial charge is 0.123 e. The van der Waals surface area contributed by atoms with Crippen LogP contribution in [-0.4, -0.2) is 42.3 Å². The van der Waals surface area contributed by atoms with Gasteiger partial charge in [0.25, 0.3) is 0 Å². The lowest BCUT2D eigenvalue weighted by atomic mass is 10.0. The predicted octanol–water partition coefficient (Wildman–Crippen LogP) is 3.48. The lowest BCUT2D eigenvalue weighted by Crippen LogP contribution is -2.40. The van der Waals surface area contributed by atoms with Crippen molar-refractivity contribution in [3.63, 3.8) is 0 Å². The number of aliphatic hydroxyl groups excluding tert-OH is 1. The number of halogens is 1. The normalized spacial score (nSPS) is 16.1. The van der Waals surface area contributed by atoms with Gasteiger partial charge in [-0.05, 0) is 61.1 Å². The summed E-state index contributed by atoms with van der Waals surface area (Å²) in [6.45, 7) is 3.43. The first kappa shape index (κ1) is 17.9. The lowest BCUT2D eigenvalue weighted by Gasteiger charge is -2.33. The largest absolute Gasteiger partial charge is 0.396 e. The van der Waals surface area contributed by atoms with Crippen molar-refractivity contribution >= 4 is 5.69 Å². The molecule has 2 aromatic rings. The molecule has 0 aromatic heterocycles. The minimum absolute atomic E-state index is 0.167. The number of likely N-dealkylation sites (tertiary alicyclic amines) is 1. The monoisotopic (exact) mass is 342 g/mol. The van der Waals surface area contributed by atoms with Crippen LogP contribution in [0.15, 0.2) is 48.5 Å². The first-order chi connectivity index (χ1) is 12.2. The fraction of sp³-hybridized carbons (Fsp3) is 0.429. The molecule has 1 fully saturated rings. The summed E-state index contributed by atoms with van der Waals surface area (Å²) in [7, 11) is 0. The fourth-order valence-electron chi connectivity index (χ4n) is 3.37. The first-order valence-electron chi connectivity index (χ1n) is 9.16. The second-order valence-electron chi connectivity index (χ2n) is 6.81. The zero-order chi connectivity index (χ0) is 17.5. The summed E-state index contributed by atoms with van der Waals surface area (Å²) in [5, 5.41) is 12.6. The third-order valence-corrected chi connectivity index (χ3v) is 4.94. The molecule has 0 aliphatic carbocycles. The number of nitrogens with one attached hydrogen (secondary N) is 1. The van der Waals surface area contributed by atoms with Crippen LogP contribution in [-0.2, 0) is 12.8 Å². The summed E-state index contributed by atoms with van der Waals surface area (Å²) in [5.74, 6) is -0.167. The number of anilines is 1. The third kappa shape index (κ3) is 5.55. The zero-order valence-electron chi connectivity index (χ0n) is 14.6. The Morgan fingerprint density at radius 2 is 1.52 bits per heavy atom. The van der Waals surface area contributed by atoms with Gasteiger partial charge < -0.3 is 15.3 Å². The molecule has 1 heterocycles. The number of rotatable bonds is 7. The highest BCUT2D eigenvalue weighted by Gasteiger charge is 2.18. The number of piperidine rings is 1. The molecule has 0 saturated carbocycles. The van der Waals surface area contributed by atoms with Crippen molar-refractivity contribution in [2.75, 3.05) is 31.6 Å². The number of nitrogens with zero attached hydrogens (tertiary/aromatic N) is 1. The van der Waals surface area contributed by atoms with Crippen molar-refractivity contribution in [1.82, 2.24) is 4.90 Å². The molecule has 0 unspecified atom stereocenters. The summed E-state index contributed by atoms with van der Waals surface area (Å²) >= 11 is 0. The van der Waals surface area contributed by atoms with Crippen molar-refractivity contribution in [3.05, 3.63) is 65.5 Å². The van der Waals surface area contributed by atoms with Crippen LogP contribution in [0.3, 0.4) is 0 Å². The maximum absolute atomic E-state index is 12.9. The molecule has 3 nitrogen and oxygen atoms in total. The highest BCUT2D eigenvalue weighted by atomic mass is 19.1. The van der Waals surface area contributed by atoms with Gasteiger partial charge in [0.05, 0.1) is 0 Å². The molecule has 1 aliphatic rings. The van der Waals surface area contributed by atoms with E-state index in [1.807, 2.05) is 12.1 Å². The van der Waals surface area contributed by atoms with Gasteiger partial charge in [-0.2, -0.15) is 0 Å². The summed E-state index contributed by atoms with van der Waals surface area (Å²) in [5.41, 5.74) is 3.53. The molecular weight excluding hydrogens is 315 g/mol. The van der Waals surface area contributed by atoms with E-state index in [4.69, 9.17) is 5.11 Å². The number of hydrogen-bond donors (Lipinski definition) is 2. The molecule has 134 valence electrons. The van der Waals surface area contributed by atoms with Crippen LogP contribution in [0, 0.1) is 5.82 Å². The Balaban J connectivity index is 1.40. The molecule has 2 N–H and O–H groups in total. The van der Waals surface area contributed by atoms with Crippen molar-refractivity contribution in [2.24, 2.45) is 0 Å². The van der Waals surface area contributed by atoms with Crippen LogP contribution >= 0.6 is 0 Å². The summed E-state index contributed by atoms with van der Waals surface area (Å²) in [6, 6.07) is 15.7. The molecule has 1 saturated heterocycles. The molecule has 0 spiro atoms. The molecular formula is C21H27FN2O. The fourth-order valence-corrected chi connectivity index (χ4v) is 3.37. The summed E-state index contributed by atoms with van der Waals surface area (Å²) < 4.78 is 12.9. The van der Waals surface area contributed by atoms with E-state index < -0.39 is 0 Å². The molecule has 0 radical (unpaired) electrons. The Kier molecular flexibility index (Phi) is 6.42. The van der Waals surface area contributed by atoms with Gasteiger partial charge in [0.15, 0.2) is 0 Å². The van der Waals surface area contributed by atoms with Gasteiger partial charge in [0.2, 0.25) is 0 Å². The molecule has 0 atom stereocenters. The van der Waals surface area contributed by atoms with Gasteiger partial charge in [-0.15, -0.1) is 0 Å². The number of aliphatic hydroxyl groups is 1. The van der Waals surface area contributed by atoms with Crippen LogP contribution in [0.1, 0.15) is 24.0 Å². The van der Waals surface area contributed by atoms with Crippen LogP contribution in [0.2, 0.25) is 0 Å². The van der Waals surface area contributed by atoms with Crippen LogP contribution < -0.4 is 5.32 Å². The van der Waals surface area contributed by atoms with Crippen LogP contribution in [0.4, 0.5) is 10.1 Å². The molecule has 3 rings (SSSR count). The molecule has 0 amide bonds. The van der Waals surface area contributed by atoms with Gasteiger partial charge in [0.1, 0.15) is 5.82 Å². The predicted molar refractivity (Wildman–Crippen MR) is 100 cm³/mol. The maximum Gasteiger partial charge on any atom is 0.123 e. The molecule has 2 aromatic carbocycles. The lowest BCUT2D eigenvalue weighted by molar-refractivity contribution is 0.221. The highest BCUT2D eigenvalue weighted by molar-refractivity contribution is 5.45. The van der Waals surface area contributed by atoms with E-state index in [2.05, 4.69) is 34.5 Å². The zero-order valence-corrected chi connectivity index (χ0v) is 14.6. The van der Waals surface area contributed by atoms with E-state index in [0.717, 1.165) is 44.6 Å². The standard InChI is InChI=1S/C21H27FN2O/c22-19-5-1-17(2-6-19)9-13-24-14-10-21(11-15-24)23-20-7-3-18(4-8-20)12-16-25/h1-8,21,23,25H,9-16H2. The molecule has 25 heavy (non-hydrogen) atoms. The number of benzene rings is 2. The second kappa shape index (κ2) is 8.97. The van der Waals surface area contributed by atoms with Gasteiger partial charge in [0, 0.05) is 38.0 Å². The van der Waals surface area contributed by atoms with E-state index in [1.54, 1.807) is 0 Å². The van der Waals surface area contributed by atoms with Gasteiger partial charge >= 0.3 is 0 Å². The molecule has 4 heteroatoms. The summed E-state index contributed by atoms with van der Waals surface area (Å²) in [6.07, 6.45) is 3.97. The van der Waals surface area contributed by atoms with Crippen LogP contribution in [0.25, 0.3) is 0 Å². The average Bonchev–Trinajstić information content (AvgIpc) is 2.64. The quantitative estimate of drug-likeness (QED) is 0.809. The molecule has 1 aliphatic heterocycles. The average molecular weight is 342 g/mol. The van der Waals surface area contributed by atoms with Crippen LogP contribution in [0.5, 0.6) is 0 Å². The van der Waals surface area contributed by atoms with E-state index in [9.17, 15) is 4.39 Å². The molecule has 0 bridgehead atoms. The second-order valence-corrected chi connectivity index (χ2v) is 6.81. The van der Waals surface area contributed by atoms with Crippen molar-refractivity contribution in [3.8, 4) is 0 Å². The summed E-state index contributed by atoms with van der Waals surface area (Å²) in [4.78, 5) is 2.49. The maximum atomic E-state index is 12.9. The Labute approximate surface area is 149 Å². The minimum atomic E-state index is -0.167. The SMILES string of the molecule is OCCc1ccc(NC2CCN(CCc3ccc(F)cc3)CC2)cc1. The highest BCUT2D eigenvalue weighted by Crippen LogP contribution is 2.18. The van der Waals surface area contributed by atoms with E-state index in [1.165, 1.54) is 23.3 Å². The topological polar surface area (TPSA) is 35.5 Å². The van der Waals surface area contributed by atoms with Gasteiger partial charge in [-0.3, -0.25) is 0 Å². The Bertz CT molecular complexity index is 634. The van der Waals surface area contributed by atoms with Gasteiger partial charge in [-0.1, -0.05) is 24.3 Å². The first-order valence-corrected chi connectivity index (χ1v) is 9.16.